The van der Waals surface area contributed by atoms with Gasteiger partial charge in [0, 0.05) is 22.8 Å². The highest BCUT2D eigenvalue weighted by Gasteiger charge is 2.33. The molecular formula is C25H29N3O2S. The molecule has 0 aromatic carbocycles. The minimum atomic E-state index is -0.175. The van der Waals surface area contributed by atoms with Gasteiger partial charge in [-0.3, -0.25) is 14.7 Å². The Bertz CT molecular complexity index is 1020. The maximum atomic E-state index is 12.9. The van der Waals surface area contributed by atoms with E-state index in [9.17, 15) is 4.79 Å². The number of piperidine rings is 1. The molecule has 1 amide bonds. The zero-order chi connectivity index (χ0) is 21.2. The van der Waals surface area contributed by atoms with Crippen LogP contribution in [0.3, 0.4) is 0 Å². The van der Waals surface area contributed by atoms with Gasteiger partial charge in [0.15, 0.2) is 5.76 Å². The van der Waals surface area contributed by atoms with E-state index in [0.29, 0.717) is 5.76 Å². The van der Waals surface area contributed by atoms with E-state index in [1.54, 1.807) is 29.7 Å². The van der Waals surface area contributed by atoms with Crippen molar-refractivity contribution in [3.8, 4) is 0 Å². The van der Waals surface area contributed by atoms with Crippen LogP contribution in [0.15, 0.2) is 47.3 Å². The van der Waals surface area contributed by atoms with Crippen LogP contribution in [0.5, 0.6) is 0 Å². The first-order valence-corrected chi connectivity index (χ1v) is 12.2. The summed E-state index contributed by atoms with van der Waals surface area (Å²) in [4.78, 5) is 21.2. The van der Waals surface area contributed by atoms with Crippen LogP contribution in [0.1, 0.15) is 70.8 Å². The summed E-state index contributed by atoms with van der Waals surface area (Å²) in [6.45, 7) is 4.49. The molecule has 0 radical (unpaired) electrons. The number of anilines is 1. The van der Waals surface area contributed by atoms with Crippen LogP contribution in [-0.4, -0.2) is 28.9 Å². The molecule has 1 aliphatic heterocycles. The molecule has 6 heteroatoms. The number of pyridine rings is 1. The Balaban J connectivity index is 1.59. The van der Waals surface area contributed by atoms with Gasteiger partial charge >= 0.3 is 0 Å². The van der Waals surface area contributed by atoms with Crippen molar-refractivity contribution in [2.24, 2.45) is 5.92 Å². The zero-order valence-corrected chi connectivity index (χ0v) is 18.8. The van der Waals surface area contributed by atoms with Gasteiger partial charge in [0.2, 0.25) is 0 Å². The summed E-state index contributed by atoms with van der Waals surface area (Å²) >= 11 is 1.76. The normalized spacial score (nSPS) is 18.5. The van der Waals surface area contributed by atoms with Crippen molar-refractivity contribution in [2.45, 2.75) is 51.5 Å². The number of amides is 1. The van der Waals surface area contributed by atoms with Crippen molar-refractivity contribution in [3.05, 3.63) is 70.3 Å². The number of hydrogen-bond acceptors (Lipinski definition) is 5. The Morgan fingerprint density at radius 3 is 2.71 bits per heavy atom. The molecule has 0 saturated carbocycles. The van der Waals surface area contributed by atoms with Crippen LogP contribution in [0, 0.1) is 5.92 Å². The number of carbonyl (C=O) groups excluding carboxylic acids is 1. The zero-order valence-electron chi connectivity index (χ0n) is 18.0. The van der Waals surface area contributed by atoms with Crippen LogP contribution >= 0.6 is 11.3 Å². The molecule has 2 aliphatic rings. The van der Waals surface area contributed by atoms with Gasteiger partial charge in [-0.25, -0.2) is 0 Å². The minimum Gasteiger partial charge on any atom is -0.459 e. The number of aryl methyl sites for hydroxylation is 1. The number of thiophene rings is 1. The SMILES string of the molecule is CC1CCN([C@@H](c2ccncc2)c2c(NC(=O)c3ccco3)sc3c2CCCC3)CC1. The fraction of sp³-hybridized carbons (Fsp3) is 0.440. The summed E-state index contributed by atoms with van der Waals surface area (Å²) in [5, 5.41) is 4.19. The van der Waals surface area contributed by atoms with Crippen molar-refractivity contribution < 1.29 is 9.21 Å². The summed E-state index contributed by atoms with van der Waals surface area (Å²) in [5.74, 6) is 0.944. The van der Waals surface area contributed by atoms with Crippen molar-refractivity contribution in [2.75, 3.05) is 18.4 Å². The maximum absolute atomic E-state index is 12.9. The molecule has 0 spiro atoms. The average molecular weight is 436 g/mol. The molecule has 4 heterocycles. The van der Waals surface area contributed by atoms with E-state index < -0.39 is 0 Å². The van der Waals surface area contributed by atoms with Crippen LogP contribution in [0.2, 0.25) is 0 Å². The number of rotatable bonds is 5. The van der Waals surface area contributed by atoms with Crippen LogP contribution in [-0.2, 0) is 12.8 Å². The lowest BCUT2D eigenvalue weighted by atomic mass is 9.87. The number of furan rings is 1. The number of carbonyl (C=O) groups is 1. The summed E-state index contributed by atoms with van der Waals surface area (Å²) in [5.41, 5.74) is 4.00. The lowest BCUT2D eigenvalue weighted by Crippen LogP contribution is -2.37. The summed E-state index contributed by atoms with van der Waals surface area (Å²) < 4.78 is 5.36. The highest BCUT2D eigenvalue weighted by Crippen LogP contribution is 2.46. The van der Waals surface area contributed by atoms with Crippen molar-refractivity contribution in [1.29, 1.82) is 0 Å². The Hall–Kier alpha value is -2.44. The van der Waals surface area contributed by atoms with Gasteiger partial charge in [0.1, 0.15) is 5.00 Å². The van der Waals surface area contributed by atoms with Gasteiger partial charge < -0.3 is 9.73 Å². The summed E-state index contributed by atoms with van der Waals surface area (Å²) in [6.07, 6.45) is 12.4. The van der Waals surface area contributed by atoms with E-state index >= 15 is 0 Å². The quantitative estimate of drug-likeness (QED) is 0.559. The van der Waals surface area contributed by atoms with Crippen LogP contribution < -0.4 is 5.32 Å². The third-order valence-corrected chi connectivity index (χ3v) is 7.89. The predicted octanol–water partition coefficient (Wildman–Crippen LogP) is 5.69. The van der Waals surface area contributed by atoms with Crippen molar-refractivity contribution in [1.82, 2.24) is 9.88 Å². The number of hydrogen-bond donors (Lipinski definition) is 1. The fourth-order valence-corrected chi connectivity index (χ4v) is 6.25. The number of nitrogens with zero attached hydrogens (tertiary/aromatic N) is 2. The van der Waals surface area contributed by atoms with Crippen molar-refractivity contribution >= 4 is 22.2 Å². The molecule has 5 rings (SSSR count). The molecule has 1 fully saturated rings. The van der Waals surface area contributed by atoms with Gasteiger partial charge in [0.25, 0.3) is 5.91 Å². The van der Waals surface area contributed by atoms with Gasteiger partial charge in [-0.15, -0.1) is 11.3 Å². The van der Waals surface area contributed by atoms with E-state index in [1.807, 2.05) is 12.4 Å². The van der Waals surface area contributed by atoms with Crippen LogP contribution in [0.25, 0.3) is 0 Å². The molecule has 1 atom stereocenters. The van der Waals surface area contributed by atoms with Gasteiger partial charge in [-0.2, -0.15) is 0 Å². The third kappa shape index (κ3) is 4.19. The molecule has 0 bridgehead atoms. The molecular weight excluding hydrogens is 406 g/mol. The van der Waals surface area contributed by atoms with E-state index in [-0.39, 0.29) is 11.9 Å². The standard InChI is InChI=1S/C25H29N3O2S/c1-17-10-14-28(15-11-17)23(18-8-12-26-13-9-18)22-19-5-2-3-7-21(19)31-25(22)27-24(29)20-6-4-16-30-20/h4,6,8-9,12-13,16-17,23H,2-3,5,7,10-11,14-15H2,1H3,(H,27,29)/t23-/m0/s1. The fourth-order valence-electron chi connectivity index (χ4n) is 4.94. The van der Waals surface area contributed by atoms with E-state index in [4.69, 9.17) is 4.42 Å². The highest BCUT2D eigenvalue weighted by atomic mass is 32.1. The van der Waals surface area contributed by atoms with Gasteiger partial charge in [-0.1, -0.05) is 6.92 Å². The molecule has 1 aliphatic carbocycles. The Kier molecular flexibility index (Phi) is 5.92. The van der Waals surface area contributed by atoms with Crippen molar-refractivity contribution in [3.63, 3.8) is 0 Å². The molecule has 3 aromatic heterocycles. The van der Waals surface area contributed by atoms with Crippen LogP contribution in [0.4, 0.5) is 5.00 Å². The van der Waals surface area contributed by atoms with Gasteiger partial charge in [-0.05, 0) is 92.9 Å². The number of likely N-dealkylation sites (tertiary alicyclic amines) is 1. The Labute approximate surface area is 187 Å². The Morgan fingerprint density at radius 2 is 1.97 bits per heavy atom. The highest BCUT2D eigenvalue weighted by molar-refractivity contribution is 7.16. The third-order valence-electron chi connectivity index (χ3n) is 6.66. The first kappa shape index (κ1) is 20.5. The largest absolute Gasteiger partial charge is 0.459 e. The lowest BCUT2D eigenvalue weighted by Gasteiger charge is -2.38. The monoisotopic (exact) mass is 435 g/mol. The van der Waals surface area contributed by atoms with E-state index in [0.717, 1.165) is 36.9 Å². The first-order chi connectivity index (χ1) is 15.2. The summed E-state index contributed by atoms with van der Waals surface area (Å²) in [6, 6.07) is 7.88. The lowest BCUT2D eigenvalue weighted by molar-refractivity contribution is 0.0996. The second kappa shape index (κ2) is 8.97. The van der Waals surface area contributed by atoms with E-state index in [1.165, 1.54) is 47.3 Å². The predicted molar refractivity (Wildman–Crippen MR) is 124 cm³/mol. The minimum absolute atomic E-state index is 0.139. The number of nitrogens with one attached hydrogen (secondary N) is 1. The molecule has 1 saturated heterocycles. The second-order valence-electron chi connectivity index (χ2n) is 8.79. The molecule has 162 valence electrons. The average Bonchev–Trinajstić information content (AvgIpc) is 3.45. The van der Waals surface area contributed by atoms with Gasteiger partial charge in [0.05, 0.1) is 12.3 Å². The molecule has 1 N–H and O–H groups in total. The molecule has 3 aromatic rings. The molecule has 0 unspecified atom stereocenters. The molecule has 5 nitrogen and oxygen atoms in total. The summed E-state index contributed by atoms with van der Waals surface area (Å²) in [7, 11) is 0. The smallest absolute Gasteiger partial charge is 0.291 e. The maximum Gasteiger partial charge on any atom is 0.291 e. The topological polar surface area (TPSA) is 58.4 Å². The second-order valence-corrected chi connectivity index (χ2v) is 9.89. The Morgan fingerprint density at radius 1 is 1.19 bits per heavy atom. The first-order valence-electron chi connectivity index (χ1n) is 11.3. The van der Waals surface area contributed by atoms with E-state index in [2.05, 4.69) is 34.3 Å². The number of aromatic nitrogens is 1. The number of fused-ring (bicyclic) bond motifs is 1. The molecule has 31 heavy (non-hydrogen) atoms.